The Hall–Kier alpha value is -0.380. The monoisotopic (exact) mass is 183 g/mol. The van der Waals surface area contributed by atoms with Gasteiger partial charge in [0, 0.05) is 4.88 Å². The van der Waals surface area contributed by atoms with Crippen LogP contribution >= 0.6 is 11.3 Å². The van der Waals surface area contributed by atoms with Crippen molar-refractivity contribution in [2.45, 2.75) is 18.9 Å². The number of ether oxygens (including phenoxy) is 1. The molecule has 3 heteroatoms. The molecule has 2 rings (SSSR count). The van der Waals surface area contributed by atoms with Crippen molar-refractivity contribution in [3.8, 4) is 0 Å². The Kier molecular flexibility index (Phi) is 2.44. The molecule has 0 saturated carbocycles. The lowest BCUT2D eigenvalue weighted by Crippen LogP contribution is -2.17. The molecule has 0 fully saturated rings. The Morgan fingerprint density at radius 3 is 3.42 bits per heavy atom. The molecule has 1 aromatic heterocycles. The quantitative estimate of drug-likeness (QED) is 0.757. The summed E-state index contributed by atoms with van der Waals surface area (Å²) in [5, 5.41) is 2.14. The van der Waals surface area contributed by atoms with E-state index in [1.807, 2.05) is 0 Å². The smallest absolute Gasteiger partial charge is 0.0931 e. The van der Waals surface area contributed by atoms with Gasteiger partial charge < -0.3 is 10.5 Å². The predicted molar refractivity (Wildman–Crippen MR) is 50.4 cm³/mol. The summed E-state index contributed by atoms with van der Waals surface area (Å²) in [5.74, 6) is 0. The fraction of sp³-hybridized carbons (Fsp3) is 0.556. The first-order valence-corrected chi connectivity index (χ1v) is 5.17. The highest BCUT2D eigenvalue weighted by Crippen LogP contribution is 2.33. The lowest BCUT2D eigenvalue weighted by molar-refractivity contribution is 0.0413. The highest BCUT2D eigenvalue weighted by Gasteiger charge is 2.20. The zero-order chi connectivity index (χ0) is 8.39. The first-order chi connectivity index (χ1) is 5.92. The molecule has 2 N–H and O–H groups in total. The predicted octanol–water partition coefficient (Wildman–Crippen LogP) is 1.71. The number of hydrogen-bond donors (Lipinski definition) is 1. The zero-order valence-corrected chi connectivity index (χ0v) is 7.77. The van der Waals surface area contributed by atoms with Crippen molar-refractivity contribution in [1.29, 1.82) is 0 Å². The Morgan fingerprint density at radius 1 is 1.67 bits per heavy atom. The van der Waals surface area contributed by atoms with E-state index in [9.17, 15) is 0 Å². The molecule has 1 aliphatic heterocycles. The molecule has 2 nitrogen and oxygen atoms in total. The van der Waals surface area contributed by atoms with Crippen molar-refractivity contribution in [1.82, 2.24) is 0 Å². The maximum absolute atomic E-state index is 5.63. The number of fused-ring (bicyclic) bond motifs is 1. The third-order valence-corrected chi connectivity index (χ3v) is 3.24. The normalized spacial score (nSPS) is 22.2. The number of thiophene rings is 1. The molecule has 1 aliphatic rings. The zero-order valence-electron chi connectivity index (χ0n) is 6.95. The van der Waals surface area contributed by atoms with Gasteiger partial charge in [-0.25, -0.2) is 0 Å². The highest BCUT2D eigenvalue weighted by molar-refractivity contribution is 7.10. The van der Waals surface area contributed by atoms with E-state index in [2.05, 4.69) is 11.4 Å². The van der Waals surface area contributed by atoms with E-state index in [0.717, 1.165) is 19.4 Å². The van der Waals surface area contributed by atoms with E-state index in [4.69, 9.17) is 10.5 Å². The minimum Gasteiger partial charge on any atom is -0.372 e. The third-order valence-electron chi connectivity index (χ3n) is 2.19. The minimum absolute atomic E-state index is 0.277. The van der Waals surface area contributed by atoms with Crippen molar-refractivity contribution in [3.05, 3.63) is 21.9 Å². The molecule has 0 bridgehead atoms. The summed E-state index contributed by atoms with van der Waals surface area (Å²) in [6.07, 6.45) is 2.30. The van der Waals surface area contributed by atoms with E-state index in [-0.39, 0.29) is 6.10 Å². The van der Waals surface area contributed by atoms with Crippen molar-refractivity contribution in [3.63, 3.8) is 0 Å². The maximum atomic E-state index is 5.63. The second-order valence-electron chi connectivity index (χ2n) is 3.00. The molecular formula is C9H13NOS. The van der Waals surface area contributed by atoms with Crippen LogP contribution in [0.15, 0.2) is 11.4 Å². The molecule has 0 spiro atoms. The largest absolute Gasteiger partial charge is 0.372 e. The molecule has 1 unspecified atom stereocenters. The Balaban J connectivity index is 2.19. The van der Waals surface area contributed by atoms with Crippen molar-refractivity contribution in [2.75, 3.05) is 13.2 Å². The van der Waals surface area contributed by atoms with Gasteiger partial charge in [-0.05, 0) is 36.4 Å². The maximum Gasteiger partial charge on any atom is 0.0931 e. The standard InChI is InChI=1S/C9H13NOS/c10-4-1-8-9-7(2-5-11-8)3-6-12-9/h3,6,8H,1-2,4-5,10H2. The molecule has 1 atom stereocenters. The van der Waals surface area contributed by atoms with Gasteiger partial charge in [-0.15, -0.1) is 11.3 Å². The first-order valence-electron chi connectivity index (χ1n) is 4.29. The molecule has 0 aromatic carbocycles. The molecule has 0 amide bonds. The van der Waals surface area contributed by atoms with Crippen LogP contribution < -0.4 is 5.73 Å². The van der Waals surface area contributed by atoms with Gasteiger partial charge in [0.1, 0.15) is 0 Å². The van der Waals surface area contributed by atoms with Crippen LogP contribution in [0.3, 0.4) is 0 Å². The van der Waals surface area contributed by atoms with Gasteiger partial charge in [0.25, 0.3) is 0 Å². The Morgan fingerprint density at radius 2 is 2.58 bits per heavy atom. The van der Waals surface area contributed by atoms with E-state index in [1.54, 1.807) is 11.3 Å². The lowest BCUT2D eigenvalue weighted by atomic mass is 10.1. The van der Waals surface area contributed by atoms with Crippen LogP contribution in [-0.2, 0) is 11.2 Å². The second kappa shape index (κ2) is 3.56. The molecule has 0 aliphatic carbocycles. The molecule has 0 radical (unpaired) electrons. The van der Waals surface area contributed by atoms with Crippen LogP contribution in [0.2, 0.25) is 0 Å². The molecule has 1 aromatic rings. The number of hydrogen-bond acceptors (Lipinski definition) is 3. The van der Waals surface area contributed by atoms with E-state index in [0.29, 0.717) is 6.54 Å². The van der Waals surface area contributed by atoms with Gasteiger partial charge in [0.05, 0.1) is 12.7 Å². The average Bonchev–Trinajstić information content (AvgIpc) is 2.53. The summed E-state index contributed by atoms with van der Waals surface area (Å²) < 4.78 is 5.63. The molecular weight excluding hydrogens is 170 g/mol. The van der Waals surface area contributed by atoms with E-state index < -0.39 is 0 Å². The van der Waals surface area contributed by atoms with E-state index >= 15 is 0 Å². The molecule has 0 saturated heterocycles. The summed E-state index contributed by atoms with van der Waals surface area (Å²) in [5.41, 5.74) is 6.97. The lowest BCUT2D eigenvalue weighted by Gasteiger charge is -2.22. The number of nitrogens with two attached hydrogens (primary N) is 1. The third kappa shape index (κ3) is 1.40. The average molecular weight is 183 g/mol. The summed E-state index contributed by atoms with van der Waals surface area (Å²) >= 11 is 1.79. The van der Waals surface area contributed by atoms with Crippen LogP contribution in [0.4, 0.5) is 0 Å². The topological polar surface area (TPSA) is 35.2 Å². The Bertz CT molecular complexity index is 259. The number of rotatable bonds is 2. The van der Waals surface area contributed by atoms with Crippen LogP contribution in [0.1, 0.15) is 23.0 Å². The summed E-state index contributed by atoms with van der Waals surface area (Å²) in [6, 6.07) is 2.20. The van der Waals surface area contributed by atoms with Gasteiger partial charge in [0.15, 0.2) is 0 Å². The Labute approximate surface area is 76.3 Å². The van der Waals surface area contributed by atoms with Crippen molar-refractivity contribution in [2.24, 2.45) is 5.73 Å². The van der Waals surface area contributed by atoms with Gasteiger partial charge in [-0.3, -0.25) is 0 Å². The van der Waals surface area contributed by atoms with Crippen molar-refractivity contribution >= 4 is 11.3 Å². The van der Waals surface area contributed by atoms with Gasteiger partial charge in [-0.2, -0.15) is 0 Å². The van der Waals surface area contributed by atoms with Gasteiger partial charge in [-0.1, -0.05) is 0 Å². The summed E-state index contributed by atoms with van der Waals surface area (Å²) in [6.45, 7) is 1.57. The fourth-order valence-electron chi connectivity index (χ4n) is 1.59. The highest BCUT2D eigenvalue weighted by atomic mass is 32.1. The van der Waals surface area contributed by atoms with Gasteiger partial charge in [0.2, 0.25) is 0 Å². The fourth-order valence-corrected chi connectivity index (χ4v) is 2.63. The van der Waals surface area contributed by atoms with Gasteiger partial charge >= 0.3 is 0 Å². The second-order valence-corrected chi connectivity index (χ2v) is 3.94. The summed E-state index contributed by atoms with van der Waals surface area (Å²) in [7, 11) is 0. The van der Waals surface area contributed by atoms with Crippen LogP contribution in [0.5, 0.6) is 0 Å². The molecule has 2 heterocycles. The van der Waals surface area contributed by atoms with Crippen LogP contribution in [0.25, 0.3) is 0 Å². The van der Waals surface area contributed by atoms with E-state index in [1.165, 1.54) is 10.4 Å². The van der Waals surface area contributed by atoms with Crippen LogP contribution in [0, 0.1) is 0 Å². The SMILES string of the molecule is NCCC1OCCc2ccsc21. The molecule has 66 valence electrons. The summed E-state index contributed by atoms with van der Waals surface area (Å²) in [4.78, 5) is 1.40. The molecule has 12 heavy (non-hydrogen) atoms. The van der Waals surface area contributed by atoms with Crippen LogP contribution in [-0.4, -0.2) is 13.2 Å². The first kappa shape index (κ1) is 8.23. The van der Waals surface area contributed by atoms with Crippen molar-refractivity contribution < 1.29 is 4.74 Å². The minimum atomic E-state index is 0.277.